The standard InChI is InChI=1S/C17H14O/c1-2-4-14-13(3-1)7-8-16-9-12(5-6-15(14)16)10-17(16)11-18-17/h1-8H,9-11H2. The zero-order valence-corrected chi connectivity index (χ0v) is 10.1. The van der Waals surface area contributed by atoms with Crippen LogP contribution in [0.1, 0.15) is 24.0 Å². The second kappa shape index (κ2) is 2.70. The highest BCUT2D eigenvalue weighted by Gasteiger charge is 2.67. The normalized spacial score (nSPS) is 38.0. The Balaban J connectivity index is 1.84. The van der Waals surface area contributed by atoms with Crippen LogP contribution >= 0.6 is 0 Å². The molecule has 1 nitrogen and oxygen atoms in total. The molecule has 2 bridgehead atoms. The molecule has 0 N–H and O–H groups in total. The van der Waals surface area contributed by atoms with Gasteiger partial charge in [-0.25, -0.2) is 0 Å². The molecule has 1 heterocycles. The minimum atomic E-state index is 0.0885. The van der Waals surface area contributed by atoms with Gasteiger partial charge in [0.15, 0.2) is 0 Å². The first-order valence-electron chi connectivity index (χ1n) is 6.66. The Labute approximate surface area is 106 Å². The maximum Gasteiger partial charge on any atom is 0.109 e. The van der Waals surface area contributed by atoms with Crippen molar-refractivity contribution in [1.82, 2.24) is 0 Å². The van der Waals surface area contributed by atoms with Gasteiger partial charge in [0.25, 0.3) is 0 Å². The molecule has 1 saturated heterocycles. The monoisotopic (exact) mass is 234 g/mol. The minimum absolute atomic E-state index is 0.0885. The molecular formula is C17H14O. The number of allylic oxidation sites excluding steroid dienone is 2. The molecular weight excluding hydrogens is 220 g/mol. The highest BCUT2D eigenvalue weighted by molar-refractivity contribution is 5.87. The third kappa shape index (κ3) is 0.874. The lowest BCUT2D eigenvalue weighted by molar-refractivity contribution is 0.233. The van der Waals surface area contributed by atoms with E-state index in [1.807, 2.05) is 0 Å². The van der Waals surface area contributed by atoms with Gasteiger partial charge >= 0.3 is 0 Å². The quantitative estimate of drug-likeness (QED) is 0.625. The Bertz CT molecular complexity index is 658. The van der Waals surface area contributed by atoms with Gasteiger partial charge in [0.1, 0.15) is 5.60 Å². The van der Waals surface area contributed by atoms with Crippen LogP contribution in [0.4, 0.5) is 0 Å². The fraction of sp³-hybridized carbons (Fsp3) is 0.294. The van der Waals surface area contributed by atoms with Crippen LogP contribution in [0.25, 0.3) is 11.6 Å². The summed E-state index contributed by atoms with van der Waals surface area (Å²) in [7, 11) is 0. The van der Waals surface area contributed by atoms with Gasteiger partial charge in [-0.05, 0) is 23.1 Å². The van der Waals surface area contributed by atoms with Crippen LogP contribution in [0, 0.1) is 5.41 Å². The molecule has 1 aromatic carbocycles. The predicted molar refractivity (Wildman–Crippen MR) is 71.9 cm³/mol. The average molecular weight is 234 g/mol. The Morgan fingerprint density at radius 3 is 2.83 bits per heavy atom. The molecule has 2 atom stereocenters. The molecule has 2 spiro atoms. The molecule has 1 aliphatic heterocycles. The van der Waals surface area contributed by atoms with E-state index in [1.165, 1.54) is 16.7 Å². The fourth-order valence-corrected chi connectivity index (χ4v) is 4.11. The van der Waals surface area contributed by atoms with E-state index in [0.29, 0.717) is 0 Å². The Kier molecular flexibility index (Phi) is 1.40. The topological polar surface area (TPSA) is 12.5 Å². The van der Waals surface area contributed by atoms with Crippen molar-refractivity contribution in [2.75, 3.05) is 6.61 Å². The van der Waals surface area contributed by atoms with Crippen LogP contribution in [-0.2, 0) is 4.74 Å². The molecule has 2 fully saturated rings. The number of hydrogen-bond acceptors (Lipinski definition) is 1. The molecule has 0 amide bonds. The predicted octanol–water partition coefficient (Wildman–Crippen LogP) is 3.59. The summed E-state index contributed by atoms with van der Waals surface area (Å²) in [6.45, 7) is 0.925. The van der Waals surface area contributed by atoms with E-state index >= 15 is 0 Å². The van der Waals surface area contributed by atoms with Gasteiger partial charge in [-0.3, -0.25) is 0 Å². The summed E-state index contributed by atoms with van der Waals surface area (Å²) in [5, 5.41) is 0. The third-order valence-electron chi connectivity index (χ3n) is 5.09. The van der Waals surface area contributed by atoms with Gasteiger partial charge < -0.3 is 4.74 Å². The van der Waals surface area contributed by atoms with E-state index in [0.717, 1.165) is 19.4 Å². The zero-order chi connectivity index (χ0) is 11.8. The van der Waals surface area contributed by atoms with Crippen molar-refractivity contribution in [3.8, 4) is 0 Å². The fourth-order valence-electron chi connectivity index (χ4n) is 4.11. The lowest BCUT2D eigenvalue weighted by Crippen LogP contribution is -2.34. The summed E-state index contributed by atoms with van der Waals surface area (Å²) in [6.07, 6.45) is 11.6. The van der Waals surface area contributed by atoms with E-state index in [2.05, 4.69) is 48.6 Å². The SMILES string of the molecule is C1=CC23CC(=CC=C2c2ccccc21)CC31CO1. The summed E-state index contributed by atoms with van der Waals surface area (Å²) in [4.78, 5) is 0. The third-order valence-corrected chi connectivity index (χ3v) is 5.09. The number of fused-ring (bicyclic) bond motifs is 3. The summed E-state index contributed by atoms with van der Waals surface area (Å²) < 4.78 is 5.91. The van der Waals surface area contributed by atoms with Crippen molar-refractivity contribution in [2.24, 2.45) is 5.41 Å². The molecule has 1 heteroatoms. The Hall–Kier alpha value is -1.60. The van der Waals surface area contributed by atoms with Gasteiger partial charge in [-0.1, -0.05) is 54.1 Å². The van der Waals surface area contributed by atoms with Gasteiger partial charge in [0, 0.05) is 11.8 Å². The molecule has 0 radical (unpaired) electrons. The number of rotatable bonds is 0. The molecule has 4 aliphatic rings. The molecule has 2 unspecified atom stereocenters. The zero-order valence-electron chi connectivity index (χ0n) is 10.1. The van der Waals surface area contributed by atoms with Gasteiger partial charge in [-0.2, -0.15) is 0 Å². The molecule has 5 rings (SSSR count). The van der Waals surface area contributed by atoms with Crippen molar-refractivity contribution in [3.63, 3.8) is 0 Å². The number of ether oxygens (including phenoxy) is 1. The number of hydrogen-bond donors (Lipinski definition) is 0. The first kappa shape index (κ1) is 9.35. The summed E-state index contributed by atoms with van der Waals surface area (Å²) in [5.74, 6) is 0. The maximum atomic E-state index is 5.91. The molecule has 3 aliphatic carbocycles. The van der Waals surface area contributed by atoms with E-state index in [1.54, 1.807) is 5.57 Å². The highest BCUT2D eigenvalue weighted by Crippen LogP contribution is 2.67. The van der Waals surface area contributed by atoms with Crippen molar-refractivity contribution >= 4 is 11.6 Å². The largest absolute Gasteiger partial charge is 0.368 e. The molecule has 88 valence electrons. The van der Waals surface area contributed by atoms with Crippen molar-refractivity contribution in [3.05, 3.63) is 59.2 Å². The van der Waals surface area contributed by atoms with E-state index in [-0.39, 0.29) is 11.0 Å². The summed E-state index contributed by atoms with van der Waals surface area (Å²) in [5.41, 5.74) is 5.98. The maximum absolute atomic E-state index is 5.91. The minimum Gasteiger partial charge on any atom is -0.368 e. The summed E-state index contributed by atoms with van der Waals surface area (Å²) >= 11 is 0. The van der Waals surface area contributed by atoms with Crippen LogP contribution < -0.4 is 0 Å². The van der Waals surface area contributed by atoms with Crippen LogP contribution in [0.3, 0.4) is 0 Å². The van der Waals surface area contributed by atoms with Crippen molar-refractivity contribution < 1.29 is 4.74 Å². The molecule has 0 aromatic heterocycles. The lowest BCUT2D eigenvalue weighted by Gasteiger charge is -2.37. The highest BCUT2D eigenvalue weighted by atomic mass is 16.6. The molecule has 1 saturated carbocycles. The van der Waals surface area contributed by atoms with Crippen molar-refractivity contribution in [2.45, 2.75) is 18.4 Å². The Morgan fingerprint density at radius 1 is 1.06 bits per heavy atom. The van der Waals surface area contributed by atoms with E-state index in [4.69, 9.17) is 4.74 Å². The van der Waals surface area contributed by atoms with Crippen LogP contribution in [0.15, 0.2) is 48.1 Å². The van der Waals surface area contributed by atoms with Crippen LogP contribution in [0.5, 0.6) is 0 Å². The first-order valence-corrected chi connectivity index (χ1v) is 6.66. The lowest BCUT2D eigenvalue weighted by atomic mass is 9.65. The molecule has 18 heavy (non-hydrogen) atoms. The van der Waals surface area contributed by atoms with Gasteiger partial charge in [0.2, 0.25) is 0 Å². The summed E-state index contributed by atoms with van der Waals surface area (Å²) in [6, 6.07) is 8.71. The van der Waals surface area contributed by atoms with E-state index < -0.39 is 0 Å². The number of benzene rings is 1. The second-order valence-electron chi connectivity index (χ2n) is 5.93. The first-order chi connectivity index (χ1) is 8.83. The van der Waals surface area contributed by atoms with Crippen LogP contribution in [0.2, 0.25) is 0 Å². The smallest absolute Gasteiger partial charge is 0.109 e. The van der Waals surface area contributed by atoms with Crippen LogP contribution in [-0.4, -0.2) is 12.2 Å². The van der Waals surface area contributed by atoms with Gasteiger partial charge in [-0.15, -0.1) is 0 Å². The van der Waals surface area contributed by atoms with Crippen molar-refractivity contribution in [1.29, 1.82) is 0 Å². The van der Waals surface area contributed by atoms with Gasteiger partial charge in [0.05, 0.1) is 6.61 Å². The Morgan fingerprint density at radius 2 is 1.94 bits per heavy atom. The average Bonchev–Trinajstić information content (AvgIpc) is 3.15. The van der Waals surface area contributed by atoms with E-state index in [9.17, 15) is 0 Å². The molecule has 1 aromatic rings. The second-order valence-corrected chi connectivity index (χ2v) is 5.93. The number of epoxide rings is 1.